The van der Waals surface area contributed by atoms with E-state index in [2.05, 4.69) is 9.72 Å². The fraction of sp³-hybridized carbons (Fsp3) is 0.200. The van der Waals surface area contributed by atoms with Crippen molar-refractivity contribution in [3.8, 4) is 11.5 Å². The van der Waals surface area contributed by atoms with Crippen LogP contribution in [0.2, 0.25) is 0 Å². The number of amides is 3. The fourth-order valence-corrected chi connectivity index (χ4v) is 3.68. The Balaban J connectivity index is 1.64. The molecule has 1 fully saturated rings. The molecule has 11 heteroatoms. The predicted molar refractivity (Wildman–Crippen MR) is 121 cm³/mol. The summed E-state index contributed by atoms with van der Waals surface area (Å²) in [6.45, 7) is 2.66. The second-order valence-electron chi connectivity index (χ2n) is 8.29. The standard InChI is InChI=1S/C25H20F3N3O5/c1-24(2)22(33)31(18-11-6-7-12-20(18)36-25(26,27)28)23(34)30(24)15-17-19(13-8-14-29-17)35-21(32)16-9-4-3-5-10-16/h3-14H,15H2,1-2H3. The molecule has 0 atom stereocenters. The van der Waals surface area contributed by atoms with E-state index in [1.807, 2.05) is 0 Å². The molecule has 36 heavy (non-hydrogen) atoms. The van der Waals surface area contributed by atoms with Gasteiger partial charge >= 0.3 is 18.4 Å². The Hall–Kier alpha value is -4.41. The van der Waals surface area contributed by atoms with E-state index < -0.39 is 35.6 Å². The van der Waals surface area contributed by atoms with Gasteiger partial charge in [0.05, 0.1) is 17.8 Å². The molecule has 1 aliphatic heterocycles. The van der Waals surface area contributed by atoms with Crippen molar-refractivity contribution in [2.24, 2.45) is 0 Å². The van der Waals surface area contributed by atoms with Gasteiger partial charge in [0.25, 0.3) is 5.91 Å². The number of anilines is 1. The van der Waals surface area contributed by atoms with Crippen LogP contribution in [0.3, 0.4) is 0 Å². The van der Waals surface area contributed by atoms with Crippen LogP contribution in [0.4, 0.5) is 23.7 Å². The van der Waals surface area contributed by atoms with E-state index in [-0.39, 0.29) is 23.7 Å². The molecule has 8 nitrogen and oxygen atoms in total. The smallest absolute Gasteiger partial charge is 0.421 e. The number of pyridine rings is 1. The Kier molecular flexibility index (Phi) is 6.40. The van der Waals surface area contributed by atoms with Crippen LogP contribution in [0.25, 0.3) is 0 Å². The van der Waals surface area contributed by atoms with E-state index in [1.165, 1.54) is 50.4 Å². The van der Waals surface area contributed by atoms with Crippen molar-refractivity contribution in [2.45, 2.75) is 32.3 Å². The monoisotopic (exact) mass is 499 g/mol. The summed E-state index contributed by atoms with van der Waals surface area (Å²) in [4.78, 5) is 45.1. The van der Waals surface area contributed by atoms with Gasteiger partial charge in [-0.3, -0.25) is 9.78 Å². The maximum Gasteiger partial charge on any atom is 0.573 e. The SMILES string of the molecule is CC1(C)C(=O)N(c2ccccc2OC(F)(F)F)C(=O)N1Cc1ncccc1OC(=O)c1ccccc1. The molecule has 1 aromatic heterocycles. The second kappa shape index (κ2) is 9.33. The second-order valence-corrected chi connectivity index (χ2v) is 8.29. The number of alkyl halides is 3. The van der Waals surface area contributed by atoms with Crippen LogP contribution >= 0.6 is 0 Å². The molecule has 0 bridgehead atoms. The number of hydrogen-bond donors (Lipinski definition) is 0. The average molecular weight is 499 g/mol. The van der Waals surface area contributed by atoms with Crippen molar-refractivity contribution >= 4 is 23.6 Å². The van der Waals surface area contributed by atoms with Crippen molar-refractivity contribution in [1.82, 2.24) is 9.88 Å². The Morgan fingerprint density at radius 2 is 1.58 bits per heavy atom. The molecule has 2 heterocycles. The molecule has 3 amide bonds. The zero-order chi connectivity index (χ0) is 26.1. The number of para-hydroxylation sites is 2. The first-order chi connectivity index (χ1) is 17.0. The van der Waals surface area contributed by atoms with Gasteiger partial charge in [0, 0.05) is 6.20 Å². The van der Waals surface area contributed by atoms with Crippen molar-refractivity contribution in [3.63, 3.8) is 0 Å². The van der Waals surface area contributed by atoms with E-state index >= 15 is 0 Å². The number of carbonyl (C=O) groups is 3. The van der Waals surface area contributed by atoms with Gasteiger partial charge in [0.1, 0.15) is 11.2 Å². The summed E-state index contributed by atoms with van der Waals surface area (Å²) in [6.07, 6.45) is -3.60. The average Bonchev–Trinajstić information content (AvgIpc) is 2.99. The molecule has 186 valence electrons. The Labute approximate surface area is 203 Å². The van der Waals surface area contributed by atoms with Crippen LogP contribution < -0.4 is 14.4 Å². The highest BCUT2D eigenvalue weighted by atomic mass is 19.4. The number of imide groups is 1. The van der Waals surface area contributed by atoms with Crippen LogP contribution in [0.1, 0.15) is 29.9 Å². The molecular formula is C25H20F3N3O5. The summed E-state index contributed by atoms with van der Waals surface area (Å²) < 4.78 is 48.3. The number of carbonyl (C=O) groups excluding carboxylic acids is 3. The van der Waals surface area contributed by atoms with Crippen LogP contribution in [0.5, 0.6) is 11.5 Å². The van der Waals surface area contributed by atoms with Crippen molar-refractivity contribution in [3.05, 3.63) is 84.2 Å². The summed E-state index contributed by atoms with van der Waals surface area (Å²) in [7, 11) is 0. The minimum atomic E-state index is -5.03. The van der Waals surface area contributed by atoms with Crippen LogP contribution in [-0.4, -0.2) is 39.7 Å². The van der Waals surface area contributed by atoms with Crippen molar-refractivity contribution < 1.29 is 37.0 Å². The highest BCUT2D eigenvalue weighted by Crippen LogP contribution is 2.39. The van der Waals surface area contributed by atoms with Gasteiger partial charge in [0.15, 0.2) is 11.5 Å². The highest BCUT2D eigenvalue weighted by molar-refractivity contribution is 6.23. The van der Waals surface area contributed by atoms with E-state index in [0.717, 1.165) is 11.0 Å². The summed E-state index contributed by atoms with van der Waals surface area (Å²) >= 11 is 0. The minimum Gasteiger partial charge on any atom is -0.421 e. The first kappa shape index (κ1) is 24.7. The van der Waals surface area contributed by atoms with E-state index in [9.17, 15) is 27.6 Å². The van der Waals surface area contributed by atoms with Gasteiger partial charge in [0.2, 0.25) is 0 Å². The third-order valence-electron chi connectivity index (χ3n) is 5.52. The first-order valence-electron chi connectivity index (χ1n) is 10.7. The molecule has 0 N–H and O–H groups in total. The van der Waals surface area contributed by atoms with Gasteiger partial charge in [-0.15, -0.1) is 13.2 Å². The van der Waals surface area contributed by atoms with Crippen molar-refractivity contribution in [2.75, 3.05) is 4.90 Å². The molecule has 0 unspecified atom stereocenters. The van der Waals surface area contributed by atoms with Gasteiger partial charge in [-0.05, 0) is 50.2 Å². The molecule has 4 rings (SSSR count). The maximum absolute atomic E-state index is 13.4. The molecule has 2 aromatic carbocycles. The largest absolute Gasteiger partial charge is 0.573 e. The number of urea groups is 1. The fourth-order valence-electron chi connectivity index (χ4n) is 3.68. The number of ether oxygens (including phenoxy) is 2. The molecule has 3 aromatic rings. The number of nitrogens with zero attached hydrogens (tertiary/aromatic N) is 3. The lowest BCUT2D eigenvalue weighted by molar-refractivity contribution is -0.274. The number of esters is 1. The Morgan fingerprint density at radius 1 is 0.944 bits per heavy atom. The minimum absolute atomic E-state index is 0.0710. The van der Waals surface area contributed by atoms with E-state index in [4.69, 9.17) is 4.74 Å². The molecule has 1 saturated heterocycles. The lowest BCUT2D eigenvalue weighted by atomic mass is 10.0. The third kappa shape index (κ3) is 4.85. The van der Waals surface area contributed by atoms with Crippen LogP contribution in [0.15, 0.2) is 72.9 Å². The normalized spacial score (nSPS) is 15.2. The van der Waals surface area contributed by atoms with Crippen LogP contribution in [0, 0.1) is 0 Å². The Morgan fingerprint density at radius 3 is 2.28 bits per heavy atom. The van der Waals surface area contributed by atoms with Gasteiger partial charge in [-0.1, -0.05) is 30.3 Å². The summed E-state index contributed by atoms with van der Waals surface area (Å²) in [6, 6.07) is 15.3. The first-order valence-corrected chi connectivity index (χ1v) is 10.7. The number of hydrogen-bond acceptors (Lipinski definition) is 6. The summed E-state index contributed by atoms with van der Waals surface area (Å²) in [5.74, 6) is -2.03. The molecule has 1 aliphatic rings. The zero-order valence-corrected chi connectivity index (χ0v) is 19.2. The topological polar surface area (TPSA) is 89.0 Å². The van der Waals surface area contributed by atoms with E-state index in [0.29, 0.717) is 10.5 Å². The summed E-state index contributed by atoms with van der Waals surface area (Å²) in [5, 5.41) is 0. The van der Waals surface area contributed by atoms with Crippen LogP contribution in [-0.2, 0) is 11.3 Å². The van der Waals surface area contributed by atoms with E-state index in [1.54, 1.807) is 30.3 Å². The number of aromatic nitrogens is 1. The van der Waals surface area contributed by atoms with Gasteiger partial charge in [-0.25, -0.2) is 14.5 Å². The number of halogens is 3. The quantitative estimate of drug-likeness (QED) is 0.352. The van der Waals surface area contributed by atoms with Gasteiger partial charge < -0.3 is 14.4 Å². The highest BCUT2D eigenvalue weighted by Gasteiger charge is 2.53. The molecule has 0 aliphatic carbocycles. The molecule has 0 radical (unpaired) electrons. The Bertz CT molecular complexity index is 1310. The molecular weight excluding hydrogens is 479 g/mol. The predicted octanol–water partition coefficient (Wildman–Crippen LogP) is 4.95. The third-order valence-corrected chi connectivity index (χ3v) is 5.52. The number of benzene rings is 2. The van der Waals surface area contributed by atoms with Gasteiger partial charge in [-0.2, -0.15) is 0 Å². The molecule has 0 spiro atoms. The lowest BCUT2D eigenvalue weighted by Gasteiger charge is -2.27. The maximum atomic E-state index is 13.4. The summed E-state index contributed by atoms with van der Waals surface area (Å²) in [5.41, 5.74) is -1.33. The van der Waals surface area contributed by atoms with Crippen molar-refractivity contribution in [1.29, 1.82) is 0 Å². The molecule has 0 saturated carbocycles. The lowest BCUT2D eigenvalue weighted by Crippen LogP contribution is -2.43. The number of rotatable bonds is 6. The zero-order valence-electron chi connectivity index (χ0n) is 19.2.